The van der Waals surface area contributed by atoms with Crippen molar-refractivity contribution in [3.05, 3.63) is 41.0 Å². The molecule has 0 bridgehead atoms. The highest BCUT2D eigenvalue weighted by Gasteiger charge is 2.34. The summed E-state index contributed by atoms with van der Waals surface area (Å²) in [5, 5.41) is 8.79. The van der Waals surface area contributed by atoms with Crippen LogP contribution in [0.3, 0.4) is 0 Å². The number of methoxy groups -OCH3 is 1. The van der Waals surface area contributed by atoms with Gasteiger partial charge in [-0.3, -0.25) is 0 Å². The molecule has 0 amide bonds. The lowest BCUT2D eigenvalue weighted by Gasteiger charge is -2.29. The minimum Gasteiger partial charge on any atom is -0.380 e. The number of alkyl halides is 3. The molecule has 0 saturated carbocycles. The third-order valence-electron chi connectivity index (χ3n) is 3.43. The average Bonchev–Trinajstić information content (AvgIpc) is 2.47. The highest BCUT2D eigenvalue weighted by Crippen LogP contribution is 2.34. The maximum Gasteiger partial charge on any atom is 0.417 e. The first-order valence-electron chi connectivity index (χ1n) is 6.49. The summed E-state index contributed by atoms with van der Waals surface area (Å²) in [4.78, 5) is 1.86. The predicted molar refractivity (Wildman–Crippen MR) is 72.9 cm³/mol. The van der Waals surface area contributed by atoms with E-state index in [9.17, 15) is 13.2 Å². The first-order chi connectivity index (χ1) is 9.95. The minimum absolute atomic E-state index is 0.348. The zero-order valence-electron chi connectivity index (χ0n) is 11.6. The Bertz CT molecular complexity index is 588. The minimum atomic E-state index is -4.52. The van der Waals surface area contributed by atoms with Crippen LogP contribution in [-0.4, -0.2) is 26.8 Å². The average molecular weight is 296 g/mol. The molecule has 0 radical (unpaired) electrons. The number of halogens is 3. The standard InChI is InChI=1S/C15H15F3N2O/c1-21-10-11-4-6-20(7-5-11)13-3-2-12(9-19)14(8-13)15(16,17)18/h2-4,8H,5-7,10H2,1H3. The molecule has 0 fully saturated rings. The van der Waals surface area contributed by atoms with E-state index in [4.69, 9.17) is 10.00 Å². The normalized spacial score (nSPS) is 15.6. The molecule has 1 aliphatic rings. The maximum absolute atomic E-state index is 12.9. The number of anilines is 1. The van der Waals surface area contributed by atoms with E-state index in [0.717, 1.165) is 18.1 Å². The van der Waals surface area contributed by atoms with Gasteiger partial charge in [-0.1, -0.05) is 6.08 Å². The second kappa shape index (κ2) is 6.19. The highest BCUT2D eigenvalue weighted by atomic mass is 19.4. The highest BCUT2D eigenvalue weighted by molar-refractivity contribution is 5.55. The summed E-state index contributed by atoms with van der Waals surface area (Å²) in [6, 6.07) is 5.43. The van der Waals surface area contributed by atoms with Crippen LogP contribution in [0.5, 0.6) is 0 Å². The van der Waals surface area contributed by atoms with Gasteiger partial charge in [-0.15, -0.1) is 0 Å². The Hall–Kier alpha value is -2.00. The molecule has 0 aromatic heterocycles. The second-order valence-corrected chi connectivity index (χ2v) is 4.83. The maximum atomic E-state index is 12.9. The molecule has 112 valence electrons. The van der Waals surface area contributed by atoms with Crippen molar-refractivity contribution in [1.29, 1.82) is 5.26 Å². The summed E-state index contributed by atoms with van der Waals surface area (Å²) in [7, 11) is 1.61. The monoisotopic (exact) mass is 296 g/mol. The van der Waals surface area contributed by atoms with E-state index < -0.39 is 11.7 Å². The van der Waals surface area contributed by atoms with Gasteiger partial charge in [0.25, 0.3) is 0 Å². The molecule has 21 heavy (non-hydrogen) atoms. The lowest BCUT2D eigenvalue weighted by Crippen LogP contribution is -2.29. The first kappa shape index (κ1) is 15.4. The number of benzene rings is 1. The lowest BCUT2D eigenvalue weighted by atomic mass is 10.0. The molecule has 1 heterocycles. The van der Waals surface area contributed by atoms with Gasteiger partial charge in [0, 0.05) is 25.9 Å². The summed E-state index contributed by atoms with van der Waals surface area (Å²) < 4.78 is 43.9. The van der Waals surface area contributed by atoms with Gasteiger partial charge in [0.15, 0.2) is 0 Å². The summed E-state index contributed by atoms with van der Waals surface area (Å²) >= 11 is 0. The molecular formula is C15H15F3N2O. The molecule has 0 N–H and O–H groups in total. The Morgan fingerprint density at radius 2 is 2.14 bits per heavy atom. The van der Waals surface area contributed by atoms with E-state index >= 15 is 0 Å². The third-order valence-corrected chi connectivity index (χ3v) is 3.43. The van der Waals surface area contributed by atoms with Gasteiger partial charge in [-0.25, -0.2) is 0 Å². The molecule has 0 atom stereocenters. The fraction of sp³-hybridized carbons (Fsp3) is 0.400. The van der Waals surface area contributed by atoms with Crippen LogP contribution in [-0.2, 0) is 10.9 Å². The number of ether oxygens (including phenoxy) is 1. The summed E-state index contributed by atoms with van der Waals surface area (Å²) in [6.07, 6.45) is -1.79. The van der Waals surface area contributed by atoms with E-state index in [1.807, 2.05) is 11.0 Å². The molecule has 1 aromatic rings. The van der Waals surface area contributed by atoms with E-state index in [-0.39, 0.29) is 5.56 Å². The van der Waals surface area contributed by atoms with Crippen LogP contribution < -0.4 is 4.90 Å². The van der Waals surface area contributed by atoms with E-state index in [1.165, 1.54) is 6.07 Å². The molecule has 6 heteroatoms. The third kappa shape index (κ3) is 3.56. The summed E-state index contributed by atoms with van der Waals surface area (Å²) in [6.45, 7) is 1.73. The number of hydrogen-bond donors (Lipinski definition) is 0. The quantitative estimate of drug-likeness (QED) is 0.802. The second-order valence-electron chi connectivity index (χ2n) is 4.83. The van der Waals surface area contributed by atoms with Crippen molar-refractivity contribution in [2.75, 3.05) is 31.7 Å². The van der Waals surface area contributed by atoms with Crippen molar-refractivity contribution in [3.63, 3.8) is 0 Å². The molecule has 0 aliphatic carbocycles. The van der Waals surface area contributed by atoms with Gasteiger partial charge in [0.1, 0.15) is 0 Å². The first-order valence-corrected chi connectivity index (χ1v) is 6.49. The number of nitrogens with zero attached hydrogens (tertiary/aromatic N) is 2. The largest absolute Gasteiger partial charge is 0.417 e. The zero-order chi connectivity index (χ0) is 15.5. The summed E-state index contributed by atoms with van der Waals surface area (Å²) in [5.74, 6) is 0. The Morgan fingerprint density at radius 3 is 2.67 bits per heavy atom. The molecule has 0 spiro atoms. The van der Waals surface area contributed by atoms with Crippen molar-refractivity contribution in [1.82, 2.24) is 0 Å². The van der Waals surface area contributed by atoms with Gasteiger partial charge < -0.3 is 9.64 Å². The Labute approximate surface area is 121 Å². The van der Waals surface area contributed by atoms with Crippen molar-refractivity contribution in [3.8, 4) is 6.07 Å². The van der Waals surface area contributed by atoms with Crippen molar-refractivity contribution in [2.24, 2.45) is 0 Å². The van der Waals surface area contributed by atoms with Crippen LogP contribution in [0.25, 0.3) is 0 Å². The van der Waals surface area contributed by atoms with E-state index in [1.54, 1.807) is 19.2 Å². The van der Waals surface area contributed by atoms with Gasteiger partial charge in [0.2, 0.25) is 0 Å². The number of hydrogen-bond acceptors (Lipinski definition) is 3. The van der Waals surface area contributed by atoms with Crippen molar-refractivity contribution >= 4 is 5.69 Å². The van der Waals surface area contributed by atoms with Crippen molar-refractivity contribution < 1.29 is 17.9 Å². The zero-order valence-corrected chi connectivity index (χ0v) is 11.6. The molecule has 1 aliphatic heterocycles. The molecule has 0 unspecified atom stereocenters. The Morgan fingerprint density at radius 1 is 1.38 bits per heavy atom. The summed E-state index contributed by atoms with van der Waals surface area (Å²) in [5.41, 5.74) is 0.403. The van der Waals surface area contributed by atoms with Gasteiger partial charge in [-0.2, -0.15) is 18.4 Å². The molecular weight excluding hydrogens is 281 g/mol. The van der Waals surface area contributed by atoms with Crippen LogP contribution in [0.2, 0.25) is 0 Å². The molecule has 3 nitrogen and oxygen atoms in total. The number of nitriles is 1. The molecule has 1 aromatic carbocycles. The van der Waals surface area contributed by atoms with Crippen LogP contribution in [0.4, 0.5) is 18.9 Å². The molecule has 2 rings (SSSR count). The fourth-order valence-electron chi connectivity index (χ4n) is 2.32. The topological polar surface area (TPSA) is 36.3 Å². The SMILES string of the molecule is COCC1=CCN(c2ccc(C#N)c(C(F)(F)F)c2)CC1. The predicted octanol–water partition coefficient (Wildman–Crippen LogP) is 3.36. The van der Waals surface area contributed by atoms with Crippen LogP contribution in [0.15, 0.2) is 29.8 Å². The van der Waals surface area contributed by atoms with Crippen LogP contribution in [0, 0.1) is 11.3 Å². The van der Waals surface area contributed by atoms with Gasteiger partial charge in [-0.05, 0) is 30.2 Å². The fourth-order valence-corrected chi connectivity index (χ4v) is 2.32. The van der Waals surface area contributed by atoms with Gasteiger partial charge in [0.05, 0.1) is 23.8 Å². The molecule has 0 saturated heterocycles. The van der Waals surface area contributed by atoms with Crippen LogP contribution in [0.1, 0.15) is 17.5 Å². The smallest absolute Gasteiger partial charge is 0.380 e. The van der Waals surface area contributed by atoms with Crippen molar-refractivity contribution in [2.45, 2.75) is 12.6 Å². The van der Waals surface area contributed by atoms with E-state index in [2.05, 4.69) is 0 Å². The Kier molecular flexibility index (Phi) is 4.53. The van der Waals surface area contributed by atoms with E-state index in [0.29, 0.717) is 25.4 Å². The van der Waals surface area contributed by atoms with Crippen LogP contribution >= 0.6 is 0 Å². The number of rotatable bonds is 3. The van der Waals surface area contributed by atoms with Gasteiger partial charge >= 0.3 is 6.18 Å². The lowest BCUT2D eigenvalue weighted by molar-refractivity contribution is -0.137. The Balaban J connectivity index is 2.25.